The van der Waals surface area contributed by atoms with E-state index >= 15 is 0 Å². The van der Waals surface area contributed by atoms with Crippen molar-refractivity contribution < 1.29 is 19.1 Å². The molecule has 3 heterocycles. The predicted octanol–water partition coefficient (Wildman–Crippen LogP) is 2.91. The lowest BCUT2D eigenvalue weighted by atomic mass is 10.1. The molecular formula is C18H15N5O4S2. The van der Waals surface area contributed by atoms with Gasteiger partial charge in [-0.1, -0.05) is 23.5 Å². The third-order valence-electron chi connectivity index (χ3n) is 4.25. The van der Waals surface area contributed by atoms with Crippen molar-refractivity contribution >= 4 is 62.0 Å². The number of hydrogen-bond acceptors (Lipinski definition) is 10. The predicted molar refractivity (Wildman–Crippen MR) is 111 cm³/mol. The number of thiazole rings is 1. The molecule has 9 nitrogen and oxygen atoms in total. The van der Waals surface area contributed by atoms with Crippen molar-refractivity contribution in [3.63, 3.8) is 0 Å². The number of pyridine rings is 1. The number of methoxy groups -OCH3 is 2. The standard InChI is InChI=1S/C18H15N5O4S2/c1-26-16(24)10-12(19)11-14(21-13(10)17(25)27-2)23(22-15(11)28-3)18-20-8-6-4-5-7-9(8)29-18/h4-7H,1-3H3,(H2,19,21). The summed E-state index contributed by atoms with van der Waals surface area (Å²) in [6.45, 7) is 0. The minimum Gasteiger partial charge on any atom is -0.465 e. The van der Waals surface area contributed by atoms with E-state index in [1.165, 1.54) is 42.0 Å². The van der Waals surface area contributed by atoms with Crippen LogP contribution in [0, 0.1) is 0 Å². The fourth-order valence-corrected chi connectivity index (χ4v) is 4.41. The molecule has 11 heteroatoms. The first-order chi connectivity index (χ1) is 14.0. The number of anilines is 1. The van der Waals surface area contributed by atoms with Gasteiger partial charge in [-0.2, -0.15) is 9.78 Å². The van der Waals surface area contributed by atoms with Crippen molar-refractivity contribution in [1.82, 2.24) is 19.7 Å². The van der Waals surface area contributed by atoms with Gasteiger partial charge in [-0.15, -0.1) is 11.8 Å². The second-order valence-corrected chi connectivity index (χ2v) is 7.62. The van der Waals surface area contributed by atoms with E-state index in [0.29, 0.717) is 21.2 Å². The van der Waals surface area contributed by atoms with E-state index in [-0.39, 0.29) is 16.9 Å². The summed E-state index contributed by atoms with van der Waals surface area (Å²) in [6, 6.07) is 7.67. The summed E-state index contributed by atoms with van der Waals surface area (Å²) in [5.74, 6) is -1.58. The number of rotatable bonds is 4. The molecule has 1 aromatic carbocycles. The SMILES string of the molecule is COC(=O)c1nc2c(c(SC)nn2-c2nc3ccccc3s2)c(N)c1C(=O)OC. The van der Waals surface area contributed by atoms with Crippen LogP contribution in [-0.2, 0) is 9.47 Å². The number of para-hydroxylation sites is 1. The summed E-state index contributed by atoms with van der Waals surface area (Å²) in [4.78, 5) is 33.6. The van der Waals surface area contributed by atoms with Crippen LogP contribution in [0.25, 0.3) is 26.4 Å². The molecule has 0 atom stereocenters. The van der Waals surface area contributed by atoms with Crippen LogP contribution in [0.4, 0.5) is 5.69 Å². The Morgan fingerprint density at radius 1 is 1.14 bits per heavy atom. The van der Waals surface area contributed by atoms with Gasteiger partial charge in [-0.3, -0.25) is 0 Å². The van der Waals surface area contributed by atoms with Crippen LogP contribution in [0.5, 0.6) is 0 Å². The van der Waals surface area contributed by atoms with Gasteiger partial charge >= 0.3 is 11.9 Å². The van der Waals surface area contributed by atoms with Gasteiger partial charge in [0.05, 0.1) is 35.5 Å². The van der Waals surface area contributed by atoms with Gasteiger partial charge in [0.25, 0.3) is 0 Å². The van der Waals surface area contributed by atoms with Crippen LogP contribution in [-0.4, -0.2) is 52.2 Å². The molecule has 0 radical (unpaired) electrons. The van der Waals surface area contributed by atoms with E-state index in [2.05, 4.69) is 15.1 Å². The molecule has 0 unspecified atom stereocenters. The first-order valence-corrected chi connectivity index (χ1v) is 10.3. The molecule has 0 aliphatic rings. The average Bonchev–Trinajstić information content (AvgIpc) is 3.33. The third-order valence-corrected chi connectivity index (χ3v) is 5.93. The Balaban J connectivity index is 2.08. The Labute approximate surface area is 172 Å². The number of fused-ring (bicyclic) bond motifs is 2. The van der Waals surface area contributed by atoms with Crippen LogP contribution in [0.15, 0.2) is 29.3 Å². The maximum Gasteiger partial charge on any atom is 0.357 e. The molecule has 148 valence electrons. The third kappa shape index (κ3) is 2.98. The van der Waals surface area contributed by atoms with Crippen molar-refractivity contribution in [2.75, 3.05) is 26.2 Å². The Morgan fingerprint density at radius 2 is 1.86 bits per heavy atom. The van der Waals surface area contributed by atoms with Gasteiger partial charge < -0.3 is 15.2 Å². The first-order valence-electron chi connectivity index (χ1n) is 8.28. The molecule has 0 bridgehead atoms. The van der Waals surface area contributed by atoms with Gasteiger partial charge in [0, 0.05) is 0 Å². The molecule has 3 aromatic heterocycles. The van der Waals surface area contributed by atoms with Gasteiger partial charge in [0.15, 0.2) is 11.3 Å². The van der Waals surface area contributed by atoms with E-state index in [0.717, 1.165) is 10.2 Å². The lowest BCUT2D eigenvalue weighted by Gasteiger charge is -2.10. The number of esters is 2. The van der Waals surface area contributed by atoms with Crippen molar-refractivity contribution in [3.05, 3.63) is 35.5 Å². The summed E-state index contributed by atoms with van der Waals surface area (Å²) in [7, 11) is 2.40. The highest BCUT2D eigenvalue weighted by atomic mass is 32.2. The molecule has 0 spiro atoms. The molecule has 29 heavy (non-hydrogen) atoms. The number of aromatic nitrogens is 4. The zero-order chi connectivity index (χ0) is 20.7. The van der Waals surface area contributed by atoms with Gasteiger partial charge in [0.1, 0.15) is 10.6 Å². The maximum atomic E-state index is 12.3. The van der Waals surface area contributed by atoms with E-state index < -0.39 is 11.9 Å². The van der Waals surface area contributed by atoms with Crippen molar-refractivity contribution in [2.24, 2.45) is 0 Å². The Hall–Kier alpha value is -3.18. The number of ether oxygens (including phenoxy) is 2. The van der Waals surface area contributed by atoms with Crippen molar-refractivity contribution in [1.29, 1.82) is 0 Å². The van der Waals surface area contributed by atoms with Crippen LogP contribution in [0.2, 0.25) is 0 Å². The van der Waals surface area contributed by atoms with Crippen LogP contribution < -0.4 is 5.73 Å². The van der Waals surface area contributed by atoms with Gasteiger partial charge in [-0.05, 0) is 18.4 Å². The number of benzene rings is 1. The number of nitrogens with two attached hydrogens (primary N) is 1. The number of hydrogen-bond donors (Lipinski definition) is 1. The first kappa shape index (κ1) is 19.2. The summed E-state index contributed by atoms with van der Waals surface area (Å²) in [5, 5.41) is 6.12. The fourth-order valence-electron chi connectivity index (χ4n) is 2.92. The minimum absolute atomic E-state index is 0.0546. The summed E-state index contributed by atoms with van der Waals surface area (Å²) >= 11 is 2.76. The zero-order valence-electron chi connectivity index (χ0n) is 15.6. The van der Waals surface area contributed by atoms with E-state index in [1.807, 2.05) is 30.5 Å². The Kier molecular flexibility index (Phi) is 4.84. The van der Waals surface area contributed by atoms with Crippen LogP contribution >= 0.6 is 23.1 Å². The Bertz CT molecular complexity index is 1250. The quantitative estimate of drug-likeness (QED) is 0.385. The molecule has 0 aliphatic carbocycles. The van der Waals surface area contributed by atoms with Crippen LogP contribution in [0.3, 0.4) is 0 Å². The minimum atomic E-state index is -0.804. The summed E-state index contributed by atoms with van der Waals surface area (Å²) in [5.41, 5.74) is 7.09. The summed E-state index contributed by atoms with van der Waals surface area (Å²) in [6.07, 6.45) is 1.83. The molecular weight excluding hydrogens is 414 g/mol. The monoisotopic (exact) mass is 429 g/mol. The van der Waals surface area contributed by atoms with Crippen LogP contribution in [0.1, 0.15) is 20.8 Å². The summed E-state index contributed by atoms with van der Waals surface area (Å²) < 4.78 is 12.1. The number of thioether (sulfide) groups is 1. The van der Waals surface area contributed by atoms with Gasteiger partial charge in [0.2, 0.25) is 5.13 Å². The Morgan fingerprint density at radius 3 is 2.52 bits per heavy atom. The highest BCUT2D eigenvalue weighted by Gasteiger charge is 2.29. The second kappa shape index (κ2) is 7.33. The highest BCUT2D eigenvalue weighted by molar-refractivity contribution is 7.98. The second-order valence-electron chi connectivity index (χ2n) is 5.82. The van der Waals surface area contributed by atoms with E-state index in [4.69, 9.17) is 15.2 Å². The number of carbonyl (C=O) groups is 2. The maximum absolute atomic E-state index is 12.3. The molecule has 4 rings (SSSR count). The zero-order valence-corrected chi connectivity index (χ0v) is 17.3. The van der Waals surface area contributed by atoms with E-state index in [9.17, 15) is 9.59 Å². The highest BCUT2D eigenvalue weighted by Crippen LogP contribution is 2.36. The fraction of sp³-hybridized carbons (Fsp3) is 0.167. The molecule has 0 fully saturated rings. The number of carbonyl (C=O) groups excluding carboxylic acids is 2. The normalized spacial score (nSPS) is 11.1. The molecule has 0 amide bonds. The van der Waals surface area contributed by atoms with Gasteiger partial charge in [-0.25, -0.2) is 19.6 Å². The lowest BCUT2D eigenvalue weighted by Crippen LogP contribution is -2.17. The smallest absolute Gasteiger partial charge is 0.357 e. The largest absolute Gasteiger partial charge is 0.465 e. The number of nitrogens with zero attached hydrogens (tertiary/aromatic N) is 4. The molecule has 4 aromatic rings. The molecule has 0 saturated carbocycles. The van der Waals surface area contributed by atoms with Crippen molar-refractivity contribution in [2.45, 2.75) is 5.03 Å². The molecule has 2 N–H and O–H groups in total. The molecule has 0 saturated heterocycles. The topological polar surface area (TPSA) is 122 Å². The van der Waals surface area contributed by atoms with E-state index in [1.54, 1.807) is 0 Å². The number of nitrogen functional groups attached to an aromatic ring is 1. The lowest BCUT2D eigenvalue weighted by molar-refractivity contribution is 0.0551. The molecule has 0 aliphatic heterocycles. The average molecular weight is 429 g/mol. The van der Waals surface area contributed by atoms with Crippen molar-refractivity contribution in [3.8, 4) is 5.13 Å².